The van der Waals surface area contributed by atoms with Gasteiger partial charge in [0.1, 0.15) is 6.07 Å². The minimum atomic E-state index is 0.470. The molecule has 2 aromatic rings. The zero-order valence-electron chi connectivity index (χ0n) is 7.38. The lowest BCUT2D eigenvalue weighted by Crippen LogP contribution is -1.97. The molecule has 1 aromatic carbocycles. The molecule has 0 unspecified atom stereocenters. The molecule has 0 aliphatic carbocycles. The van der Waals surface area contributed by atoms with Crippen LogP contribution in [0.1, 0.15) is 5.56 Å². The highest BCUT2D eigenvalue weighted by Gasteiger charge is 2.01. The number of hydrogen-bond donors (Lipinski definition) is 1. The summed E-state index contributed by atoms with van der Waals surface area (Å²) in [4.78, 5) is 0. The van der Waals surface area contributed by atoms with E-state index in [1.165, 1.54) is 0 Å². The molecular weight excluding hydrogens is 176 g/mol. The minimum Gasteiger partial charge on any atom is -0.398 e. The van der Waals surface area contributed by atoms with Crippen LogP contribution in [0.3, 0.4) is 0 Å². The Morgan fingerprint density at radius 2 is 2.29 bits per heavy atom. The van der Waals surface area contributed by atoms with E-state index in [-0.39, 0.29) is 0 Å². The van der Waals surface area contributed by atoms with Crippen molar-refractivity contribution in [2.24, 2.45) is 0 Å². The smallest absolute Gasteiger partial charge is 0.101 e. The summed E-state index contributed by atoms with van der Waals surface area (Å²) in [5.41, 5.74) is 7.39. The molecule has 0 amide bonds. The zero-order valence-corrected chi connectivity index (χ0v) is 7.38. The molecule has 2 N–H and O–H groups in total. The summed E-state index contributed by atoms with van der Waals surface area (Å²) < 4.78 is 1.68. The van der Waals surface area contributed by atoms with Gasteiger partial charge >= 0.3 is 0 Å². The molecule has 0 spiro atoms. The van der Waals surface area contributed by atoms with Crippen LogP contribution >= 0.6 is 0 Å². The van der Waals surface area contributed by atoms with Crippen molar-refractivity contribution >= 4 is 5.69 Å². The van der Waals surface area contributed by atoms with E-state index in [2.05, 4.69) is 5.10 Å². The van der Waals surface area contributed by atoms with E-state index < -0.39 is 0 Å². The van der Waals surface area contributed by atoms with Crippen molar-refractivity contribution in [3.63, 3.8) is 0 Å². The Kier molecular flexibility index (Phi) is 1.92. The maximum Gasteiger partial charge on any atom is 0.101 e. The first-order chi connectivity index (χ1) is 6.81. The number of anilines is 1. The second-order valence-corrected chi connectivity index (χ2v) is 2.83. The second kappa shape index (κ2) is 3.23. The van der Waals surface area contributed by atoms with E-state index in [1.54, 1.807) is 23.0 Å². The van der Waals surface area contributed by atoms with Gasteiger partial charge in [0.05, 0.1) is 11.3 Å². The Bertz CT molecular complexity index is 479. The molecule has 0 saturated heterocycles. The summed E-state index contributed by atoms with van der Waals surface area (Å²) in [7, 11) is 0. The highest BCUT2D eigenvalue weighted by molar-refractivity contribution is 5.58. The van der Waals surface area contributed by atoms with Crippen molar-refractivity contribution in [3.8, 4) is 11.8 Å². The van der Waals surface area contributed by atoms with Gasteiger partial charge < -0.3 is 5.73 Å². The maximum atomic E-state index is 8.78. The SMILES string of the molecule is N#Cc1cc(-n2cccn2)ccc1N. The van der Waals surface area contributed by atoms with E-state index in [0.717, 1.165) is 5.69 Å². The maximum absolute atomic E-state index is 8.78. The van der Waals surface area contributed by atoms with Crippen LogP contribution in [0.25, 0.3) is 5.69 Å². The molecule has 0 aliphatic heterocycles. The Hall–Kier alpha value is -2.28. The lowest BCUT2D eigenvalue weighted by molar-refractivity contribution is 0.880. The van der Waals surface area contributed by atoms with Crippen molar-refractivity contribution in [2.75, 3.05) is 5.73 Å². The summed E-state index contributed by atoms with van der Waals surface area (Å²) in [5, 5.41) is 12.8. The number of rotatable bonds is 1. The average molecular weight is 184 g/mol. The predicted octanol–water partition coefficient (Wildman–Crippen LogP) is 1.33. The fourth-order valence-electron chi connectivity index (χ4n) is 1.21. The Morgan fingerprint density at radius 3 is 2.93 bits per heavy atom. The van der Waals surface area contributed by atoms with Crippen LogP contribution in [0.2, 0.25) is 0 Å². The molecule has 0 atom stereocenters. The lowest BCUT2D eigenvalue weighted by atomic mass is 10.2. The van der Waals surface area contributed by atoms with Crippen LogP contribution in [-0.2, 0) is 0 Å². The van der Waals surface area contributed by atoms with E-state index >= 15 is 0 Å². The second-order valence-electron chi connectivity index (χ2n) is 2.83. The molecule has 0 bridgehead atoms. The fraction of sp³-hybridized carbons (Fsp3) is 0. The molecule has 14 heavy (non-hydrogen) atoms. The molecule has 68 valence electrons. The molecule has 0 aliphatic rings. The first kappa shape index (κ1) is 8.32. The molecule has 1 heterocycles. The molecule has 4 nitrogen and oxygen atoms in total. The van der Waals surface area contributed by atoms with E-state index in [9.17, 15) is 0 Å². The molecule has 0 fully saturated rings. The number of hydrogen-bond acceptors (Lipinski definition) is 3. The van der Waals surface area contributed by atoms with E-state index in [1.807, 2.05) is 24.4 Å². The van der Waals surface area contributed by atoms with Gasteiger partial charge in [-0.2, -0.15) is 10.4 Å². The third kappa shape index (κ3) is 1.31. The number of nitrogen functional groups attached to an aromatic ring is 1. The summed E-state index contributed by atoms with van der Waals surface area (Å²) in [5.74, 6) is 0. The summed E-state index contributed by atoms with van der Waals surface area (Å²) in [6, 6.07) is 9.09. The van der Waals surface area contributed by atoms with Gasteiger partial charge in [-0.3, -0.25) is 0 Å². The third-order valence-electron chi connectivity index (χ3n) is 1.93. The van der Waals surface area contributed by atoms with Crippen molar-refractivity contribution in [1.82, 2.24) is 9.78 Å². The van der Waals surface area contributed by atoms with Crippen molar-refractivity contribution in [2.45, 2.75) is 0 Å². The average Bonchev–Trinajstić information content (AvgIpc) is 2.71. The van der Waals surface area contributed by atoms with E-state index in [4.69, 9.17) is 11.0 Å². The van der Waals surface area contributed by atoms with Crippen LogP contribution in [0, 0.1) is 11.3 Å². The number of nitrogens with zero attached hydrogens (tertiary/aromatic N) is 3. The standard InChI is InChI=1S/C10H8N4/c11-7-8-6-9(2-3-10(8)12)14-5-1-4-13-14/h1-6H,12H2. The number of nitrogens with two attached hydrogens (primary N) is 1. The van der Waals surface area contributed by atoms with Gasteiger partial charge in [-0.15, -0.1) is 0 Å². The zero-order chi connectivity index (χ0) is 9.97. The monoisotopic (exact) mass is 184 g/mol. The Morgan fingerprint density at radius 1 is 1.43 bits per heavy atom. The molecular formula is C10H8N4. The van der Waals surface area contributed by atoms with E-state index in [0.29, 0.717) is 11.3 Å². The van der Waals surface area contributed by atoms with Gasteiger partial charge in [0.25, 0.3) is 0 Å². The Labute approximate surface area is 81.2 Å². The quantitative estimate of drug-likeness (QED) is 0.680. The largest absolute Gasteiger partial charge is 0.398 e. The number of nitriles is 1. The molecule has 2 rings (SSSR count). The summed E-state index contributed by atoms with van der Waals surface area (Å²) in [6.45, 7) is 0. The van der Waals surface area contributed by atoms with Crippen molar-refractivity contribution in [3.05, 3.63) is 42.2 Å². The molecule has 1 aromatic heterocycles. The number of benzene rings is 1. The first-order valence-corrected chi connectivity index (χ1v) is 4.11. The normalized spacial score (nSPS) is 9.64. The molecule has 0 radical (unpaired) electrons. The fourth-order valence-corrected chi connectivity index (χ4v) is 1.21. The van der Waals surface area contributed by atoms with Crippen LogP contribution in [0.4, 0.5) is 5.69 Å². The van der Waals surface area contributed by atoms with Crippen molar-refractivity contribution in [1.29, 1.82) is 5.26 Å². The van der Waals surface area contributed by atoms with Gasteiger partial charge in [-0.1, -0.05) is 0 Å². The molecule has 4 heteroatoms. The van der Waals surface area contributed by atoms with Crippen LogP contribution in [0.5, 0.6) is 0 Å². The third-order valence-corrected chi connectivity index (χ3v) is 1.93. The highest BCUT2D eigenvalue weighted by Crippen LogP contribution is 2.15. The van der Waals surface area contributed by atoms with Gasteiger partial charge in [-0.05, 0) is 24.3 Å². The lowest BCUT2D eigenvalue weighted by Gasteiger charge is -2.02. The summed E-state index contributed by atoms with van der Waals surface area (Å²) >= 11 is 0. The molecule has 0 saturated carbocycles. The first-order valence-electron chi connectivity index (χ1n) is 4.11. The van der Waals surface area contributed by atoms with Gasteiger partial charge in [0.2, 0.25) is 0 Å². The number of aromatic nitrogens is 2. The topological polar surface area (TPSA) is 67.6 Å². The van der Waals surface area contributed by atoms with Gasteiger partial charge in [0, 0.05) is 18.1 Å². The van der Waals surface area contributed by atoms with Crippen LogP contribution < -0.4 is 5.73 Å². The van der Waals surface area contributed by atoms with Gasteiger partial charge in [-0.25, -0.2) is 4.68 Å². The summed E-state index contributed by atoms with van der Waals surface area (Å²) in [6.07, 6.45) is 3.50. The van der Waals surface area contributed by atoms with Crippen LogP contribution in [-0.4, -0.2) is 9.78 Å². The van der Waals surface area contributed by atoms with Gasteiger partial charge in [0.15, 0.2) is 0 Å². The van der Waals surface area contributed by atoms with Crippen molar-refractivity contribution < 1.29 is 0 Å². The minimum absolute atomic E-state index is 0.470. The predicted molar refractivity (Wildman–Crippen MR) is 52.7 cm³/mol. The highest BCUT2D eigenvalue weighted by atomic mass is 15.3. The Balaban J connectivity index is 2.53. The van der Waals surface area contributed by atoms with Crippen LogP contribution in [0.15, 0.2) is 36.7 Å².